The van der Waals surface area contributed by atoms with E-state index in [0.717, 1.165) is 18.7 Å². The molecule has 0 aliphatic rings. The average molecular weight is 293 g/mol. The number of nitrogens with zero attached hydrogens (tertiary/aromatic N) is 2. The Balaban J connectivity index is 2.91. The maximum absolute atomic E-state index is 12.5. The van der Waals surface area contributed by atoms with Crippen LogP contribution in [0, 0.1) is 5.92 Å². The second kappa shape index (κ2) is 7.95. The van der Waals surface area contributed by atoms with Crippen molar-refractivity contribution in [2.75, 3.05) is 26.1 Å². The number of pyridine rings is 1. The van der Waals surface area contributed by atoms with Crippen molar-refractivity contribution >= 4 is 11.7 Å². The molecule has 0 spiro atoms. The van der Waals surface area contributed by atoms with E-state index in [-0.39, 0.29) is 11.9 Å². The van der Waals surface area contributed by atoms with Crippen LogP contribution in [0.4, 0.5) is 5.82 Å². The van der Waals surface area contributed by atoms with Crippen LogP contribution in [0.5, 0.6) is 0 Å². The smallest absolute Gasteiger partial charge is 0.251 e. The van der Waals surface area contributed by atoms with Crippen LogP contribution in [0.2, 0.25) is 0 Å². The molecule has 0 saturated carbocycles. The predicted molar refractivity (Wildman–Crippen MR) is 86.1 cm³/mol. The Labute approximate surface area is 127 Å². The SMILES string of the molecule is CCc1cc(C(=O)NC(CN(C)C)C(C)C)cc(NN)n1. The molecule has 118 valence electrons. The molecule has 1 atom stereocenters. The molecule has 6 heteroatoms. The second-order valence-electron chi connectivity index (χ2n) is 5.82. The molecule has 1 rings (SSSR count). The van der Waals surface area contributed by atoms with Crippen molar-refractivity contribution in [3.05, 3.63) is 23.4 Å². The van der Waals surface area contributed by atoms with Crippen molar-refractivity contribution in [2.24, 2.45) is 11.8 Å². The van der Waals surface area contributed by atoms with Crippen LogP contribution in [0.3, 0.4) is 0 Å². The van der Waals surface area contributed by atoms with E-state index in [1.54, 1.807) is 6.07 Å². The van der Waals surface area contributed by atoms with Gasteiger partial charge < -0.3 is 15.6 Å². The summed E-state index contributed by atoms with van der Waals surface area (Å²) in [6.07, 6.45) is 0.751. The fraction of sp³-hybridized carbons (Fsp3) is 0.600. The minimum Gasteiger partial charge on any atom is -0.348 e. The van der Waals surface area contributed by atoms with Gasteiger partial charge in [-0.2, -0.15) is 0 Å². The van der Waals surface area contributed by atoms with E-state index in [4.69, 9.17) is 5.84 Å². The summed E-state index contributed by atoms with van der Waals surface area (Å²) in [5.41, 5.74) is 3.93. The first kappa shape index (κ1) is 17.4. The molecule has 0 bridgehead atoms. The first-order chi connectivity index (χ1) is 9.87. The summed E-state index contributed by atoms with van der Waals surface area (Å²) in [6, 6.07) is 3.57. The van der Waals surface area contributed by atoms with Gasteiger partial charge in [-0.3, -0.25) is 4.79 Å². The molecule has 0 saturated heterocycles. The van der Waals surface area contributed by atoms with Crippen LogP contribution in [0.1, 0.15) is 36.8 Å². The fourth-order valence-electron chi connectivity index (χ4n) is 2.04. The Kier molecular flexibility index (Phi) is 6.58. The zero-order valence-corrected chi connectivity index (χ0v) is 13.6. The van der Waals surface area contributed by atoms with Crippen molar-refractivity contribution in [2.45, 2.75) is 33.2 Å². The van der Waals surface area contributed by atoms with Crippen LogP contribution in [0.25, 0.3) is 0 Å². The van der Waals surface area contributed by atoms with Crippen molar-refractivity contribution in [3.63, 3.8) is 0 Å². The molecule has 6 nitrogen and oxygen atoms in total. The highest BCUT2D eigenvalue weighted by molar-refractivity contribution is 5.95. The Morgan fingerprint density at radius 2 is 2.05 bits per heavy atom. The predicted octanol–water partition coefficient (Wildman–Crippen LogP) is 1.25. The topological polar surface area (TPSA) is 83.3 Å². The third-order valence-corrected chi connectivity index (χ3v) is 3.33. The lowest BCUT2D eigenvalue weighted by Gasteiger charge is -2.25. The lowest BCUT2D eigenvalue weighted by Crippen LogP contribution is -2.45. The van der Waals surface area contributed by atoms with E-state index >= 15 is 0 Å². The van der Waals surface area contributed by atoms with Crippen LogP contribution >= 0.6 is 0 Å². The largest absolute Gasteiger partial charge is 0.348 e. The van der Waals surface area contributed by atoms with Gasteiger partial charge in [0.05, 0.1) is 0 Å². The zero-order chi connectivity index (χ0) is 16.0. The van der Waals surface area contributed by atoms with Gasteiger partial charge in [-0.05, 0) is 38.6 Å². The summed E-state index contributed by atoms with van der Waals surface area (Å²) in [5, 5.41) is 3.09. The van der Waals surface area contributed by atoms with E-state index in [1.807, 2.05) is 27.1 Å². The number of nitrogens with one attached hydrogen (secondary N) is 2. The second-order valence-corrected chi connectivity index (χ2v) is 5.82. The Hall–Kier alpha value is -1.66. The normalized spacial score (nSPS) is 12.6. The van der Waals surface area contributed by atoms with E-state index < -0.39 is 0 Å². The number of hydrazine groups is 1. The summed E-state index contributed by atoms with van der Waals surface area (Å²) >= 11 is 0. The molecule has 21 heavy (non-hydrogen) atoms. The first-order valence-electron chi connectivity index (χ1n) is 7.30. The monoisotopic (exact) mass is 293 g/mol. The molecule has 1 aromatic heterocycles. The number of hydrogen-bond donors (Lipinski definition) is 3. The minimum atomic E-state index is -0.0934. The van der Waals surface area contributed by atoms with Crippen molar-refractivity contribution in [1.29, 1.82) is 0 Å². The number of likely N-dealkylation sites (N-methyl/N-ethyl adjacent to an activating group) is 1. The van der Waals surface area contributed by atoms with Crippen molar-refractivity contribution < 1.29 is 4.79 Å². The quantitative estimate of drug-likeness (QED) is 0.520. The zero-order valence-electron chi connectivity index (χ0n) is 13.6. The summed E-state index contributed by atoms with van der Waals surface area (Å²) in [6.45, 7) is 7.00. The molecule has 0 fully saturated rings. The highest BCUT2D eigenvalue weighted by Crippen LogP contribution is 2.12. The van der Waals surface area contributed by atoms with Crippen LogP contribution < -0.4 is 16.6 Å². The van der Waals surface area contributed by atoms with Crippen molar-refractivity contribution in [3.8, 4) is 0 Å². The standard InChI is InChI=1S/C15H27N5O/c1-6-12-7-11(8-14(17-12)19-16)15(21)18-13(10(2)3)9-20(4)5/h7-8,10,13H,6,9,16H2,1-5H3,(H,17,19)(H,18,21). The molecule has 0 radical (unpaired) electrons. The maximum Gasteiger partial charge on any atom is 0.251 e. The van der Waals surface area contributed by atoms with Gasteiger partial charge >= 0.3 is 0 Å². The molecule has 4 N–H and O–H groups in total. The molecular formula is C15H27N5O. The summed E-state index contributed by atoms with van der Waals surface area (Å²) in [4.78, 5) is 18.8. The van der Waals surface area contributed by atoms with Gasteiger partial charge in [-0.1, -0.05) is 20.8 Å². The Bertz CT molecular complexity index is 451. The molecule has 0 aliphatic carbocycles. The molecule has 0 aliphatic heterocycles. The number of carbonyl (C=O) groups excluding carboxylic acids is 1. The van der Waals surface area contributed by atoms with Crippen LogP contribution in [0.15, 0.2) is 12.1 Å². The van der Waals surface area contributed by atoms with E-state index in [0.29, 0.717) is 17.3 Å². The molecule has 0 aromatic carbocycles. The summed E-state index contributed by atoms with van der Waals surface area (Å²) in [7, 11) is 4.00. The number of aromatic nitrogens is 1. The average Bonchev–Trinajstić information content (AvgIpc) is 2.45. The van der Waals surface area contributed by atoms with E-state index in [1.165, 1.54) is 0 Å². The highest BCUT2D eigenvalue weighted by atomic mass is 16.1. The van der Waals surface area contributed by atoms with Gasteiger partial charge in [0.15, 0.2) is 0 Å². The number of rotatable bonds is 7. The third kappa shape index (κ3) is 5.32. The summed E-state index contributed by atoms with van der Waals surface area (Å²) in [5.74, 6) is 6.18. The van der Waals surface area contributed by atoms with Crippen LogP contribution in [-0.4, -0.2) is 42.5 Å². The molecular weight excluding hydrogens is 266 g/mol. The Morgan fingerprint density at radius 3 is 2.52 bits per heavy atom. The van der Waals surface area contributed by atoms with Gasteiger partial charge in [0, 0.05) is 23.8 Å². The summed E-state index contributed by atoms with van der Waals surface area (Å²) < 4.78 is 0. The number of nitrogens with two attached hydrogens (primary N) is 1. The lowest BCUT2D eigenvalue weighted by atomic mass is 10.0. The van der Waals surface area contributed by atoms with Gasteiger partial charge in [0.25, 0.3) is 5.91 Å². The third-order valence-electron chi connectivity index (χ3n) is 3.33. The number of aryl methyl sites for hydroxylation is 1. The molecule has 1 aromatic rings. The number of carbonyl (C=O) groups is 1. The minimum absolute atomic E-state index is 0.0934. The van der Waals surface area contributed by atoms with E-state index in [9.17, 15) is 4.79 Å². The van der Waals surface area contributed by atoms with Gasteiger partial charge in [0.1, 0.15) is 5.82 Å². The fourth-order valence-corrected chi connectivity index (χ4v) is 2.04. The Morgan fingerprint density at radius 1 is 1.38 bits per heavy atom. The maximum atomic E-state index is 12.5. The molecule has 1 amide bonds. The molecule has 1 heterocycles. The highest BCUT2D eigenvalue weighted by Gasteiger charge is 2.18. The number of amides is 1. The van der Waals surface area contributed by atoms with E-state index in [2.05, 4.69) is 34.5 Å². The number of anilines is 1. The molecule has 1 unspecified atom stereocenters. The van der Waals surface area contributed by atoms with Crippen molar-refractivity contribution in [1.82, 2.24) is 15.2 Å². The van der Waals surface area contributed by atoms with Gasteiger partial charge in [-0.15, -0.1) is 0 Å². The van der Waals surface area contributed by atoms with Crippen LogP contribution in [-0.2, 0) is 6.42 Å². The van der Waals surface area contributed by atoms with Gasteiger partial charge in [0.2, 0.25) is 0 Å². The lowest BCUT2D eigenvalue weighted by molar-refractivity contribution is 0.0916. The number of hydrogen-bond acceptors (Lipinski definition) is 5. The van der Waals surface area contributed by atoms with Gasteiger partial charge in [-0.25, -0.2) is 10.8 Å². The first-order valence-corrected chi connectivity index (χ1v) is 7.30. The number of nitrogen functional groups attached to an aromatic ring is 1.